The maximum Gasteiger partial charge on any atom is 0.341 e. The molecule has 1 aliphatic carbocycles. The highest BCUT2D eigenvalue weighted by atomic mass is 19.1. The van der Waals surface area contributed by atoms with Crippen molar-refractivity contribution in [2.75, 3.05) is 31.6 Å². The van der Waals surface area contributed by atoms with E-state index in [0.717, 1.165) is 18.9 Å². The Morgan fingerprint density at radius 1 is 1.37 bits per heavy atom. The van der Waals surface area contributed by atoms with Crippen LogP contribution < -0.4 is 20.8 Å². The summed E-state index contributed by atoms with van der Waals surface area (Å²) in [6.07, 6.45) is 4.32. The van der Waals surface area contributed by atoms with Crippen LogP contribution in [0.1, 0.15) is 42.1 Å². The SMILES string of the molecule is COc1c(N2CC(=O)[C@@H](CCCN)C2)c(F)cc2c(=O)c(C(=O)O)cn(C3CC3)c12. The van der Waals surface area contributed by atoms with Gasteiger partial charge in [-0.3, -0.25) is 9.59 Å². The maximum atomic E-state index is 15.2. The summed E-state index contributed by atoms with van der Waals surface area (Å²) in [5, 5.41) is 9.37. The molecule has 2 heterocycles. The maximum absolute atomic E-state index is 15.2. The van der Waals surface area contributed by atoms with Gasteiger partial charge in [-0.15, -0.1) is 0 Å². The van der Waals surface area contributed by atoms with Crippen LogP contribution in [0.15, 0.2) is 17.1 Å². The summed E-state index contributed by atoms with van der Waals surface area (Å²) in [6.45, 7) is 0.879. The fourth-order valence-electron chi connectivity index (χ4n) is 4.26. The molecule has 160 valence electrons. The van der Waals surface area contributed by atoms with E-state index in [-0.39, 0.29) is 41.1 Å². The number of ether oxygens (including phenoxy) is 1. The molecule has 0 unspecified atom stereocenters. The normalized spacial score (nSPS) is 19.0. The average Bonchev–Trinajstić information content (AvgIpc) is 3.48. The lowest BCUT2D eigenvalue weighted by Crippen LogP contribution is -2.24. The van der Waals surface area contributed by atoms with E-state index in [0.29, 0.717) is 31.4 Å². The third-order valence-electron chi connectivity index (χ3n) is 5.89. The Morgan fingerprint density at radius 2 is 2.10 bits per heavy atom. The monoisotopic (exact) mass is 417 g/mol. The van der Waals surface area contributed by atoms with Crippen molar-refractivity contribution in [1.29, 1.82) is 0 Å². The van der Waals surface area contributed by atoms with E-state index in [1.165, 1.54) is 13.3 Å². The Bertz CT molecular complexity index is 1090. The number of aromatic carboxylic acids is 1. The van der Waals surface area contributed by atoms with E-state index in [9.17, 15) is 19.5 Å². The number of anilines is 1. The minimum atomic E-state index is -1.35. The molecule has 2 fully saturated rings. The summed E-state index contributed by atoms with van der Waals surface area (Å²) < 4.78 is 22.5. The van der Waals surface area contributed by atoms with Crippen LogP contribution >= 0.6 is 0 Å². The molecule has 0 spiro atoms. The number of methoxy groups -OCH3 is 1. The molecule has 1 saturated carbocycles. The molecule has 8 nitrogen and oxygen atoms in total. The van der Waals surface area contributed by atoms with Crippen molar-refractivity contribution in [2.45, 2.75) is 31.7 Å². The fraction of sp³-hybridized carbons (Fsp3) is 0.476. The quantitative estimate of drug-likeness (QED) is 0.707. The number of nitrogens with zero attached hydrogens (tertiary/aromatic N) is 2. The lowest BCUT2D eigenvalue weighted by atomic mass is 10.0. The predicted molar refractivity (Wildman–Crippen MR) is 109 cm³/mol. The average molecular weight is 417 g/mol. The highest BCUT2D eigenvalue weighted by Gasteiger charge is 2.36. The Labute approximate surface area is 172 Å². The van der Waals surface area contributed by atoms with Crippen LogP contribution in [-0.2, 0) is 4.79 Å². The minimum absolute atomic E-state index is 0.0193. The standard InChI is InChI=1S/C21H24FN3O5/c1-30-20-17-13(19(27)14(21(28)29)9-25(17)12-4-5-12)7-15(22)18(20)24-8-11(3-2-6-23)16(26)10-24/h7,9,11-12H,2-6,8,10,23H2,1H3,(H,28,29)/t11-/m0/s1. The van der Waals surface area contributed by atoms with Crippen LogP contribution in [0.4, 0.5) is 10.1 Å². The number of halogens is 1. The highest BCUT2D eigenvalue weighted by molar-refractivity contribution is 5.98. The van der Waals surface area contributed by atoms with Gasteiger partial charge >= 0.3 is 5.97 Å². The molecule has 1 aromatic heterocycles. The molecule has 4 rings (SSSR count). The summed E-state index contributed by atoms with van der Waals surface area (Å²) >= 11 is 0. The molecule has 0 radical (unpaired) electrons. The number of nitrogens with two attached hydrogens (primary N) is 1. The zero-order valence-electron chi connectivity index (χ0n) is 16.7. The lowest BCUT2D eigenvalue weighted by molar-refractivity contribution is -0.119. The summed E-state index contributed by atoms with van der Waals surface area (Å²) in [4.78, 5) is 38.4. The van der Waals surface area contributed by atoms with E-state index in [4.69, 9.17) is 10.5 Å². The molecule has 1 atom stereocenters. The molecule has 9 heteroatoms. The molecule has 0 bridgehead atoms. The van der Waals surface area contributed by atoms with Crippen molar-refractivity contribution in [3.63, 3.8) is 0 Å². The van der Waals surface area contributed by atoms with Crippen LogP contribution in [0.5, 0.6) is 5.75 Å². The van der Waals surface area contributed by atoms with Crippen LogP contribution in [0, 0.1) is 11.7 Å². The zero-order chi connectivity index (χ0) is 21.6. The van der Waals surface area contributed by atoms with Crippen LogP contribution in [0.3, 0.4) is 0 Å². The molecular formula is C21H24FN3O5. The molecule has 2 aliphatic rings. The second-order valence-electron chi connectivity index (χ2n) is 7.93. The number of hydrogen-bond donors (Lipinski definition) is 2. The number of ketones is 1. The second kappa shape index (κ2) is 7.71. The van der Waals surface area contributed by atoms with Gasteiger partial charge in [0.05, 0.1) is 24.6 Å². The number of aromatic nitrogens is 1. The number of benzene rings is 1. The van der Waals surface area contributed by atoms with Gasteiger partial charge in [0.15, 0.2) is 17.3 Å². The molecular weight excluding hydrogens is 393 g/mol. The van der Waals surface area contributed by atoms with Crippen molar-refractivity contribution in [3.05, 3.63) is 33.9 Å². The number of carboxylic acid groups (broad SMARTS) is 1. The summed E-state index contributed by atoms with van der Waals surface area (Å²) in [6, 6.07) is 1.09. The van der Waals surface area contributed by atoms with Crippen LogP contribution in [0.25, 0.3) is 10.9 Å². The van der Waals surface area contributed by atoms with Gasteiger partial charge in [0.2, 0.25) is 5.43 Å². The topological polar surface area (TPSA) is 115 Å². The summed E-state index contributed by atoms with van der Waals surface area (Å²) in [5.41, 5.74) is 4.89. The largest absolute Gasteiger partial charge is 0.492 e. The van der Waals surface area contributed by atoms with Gasteiger partial charge in [0.25, 0.3) is 0 Å². The smallest absolute Gasteiger partial charge is 0.341 e. The lowest BCUT2D eigenvalue weighted by Gasteiger charge is -2.24. The number of fused-ring (bicyclic) bond motifs is 1. The Balaban J connectivity index is 1.90. The first-order chi connectivity index (χ1) is 14.4. The van der Waals surface area contributed by atoms with E-state index in [2.05, 4.69) is 0 Å². The van der Waals surface area contributed by atoms with Crippen molar-refractivity contribution in [1.82, 2.24) is 4.57 Å². The second-order valence-corrected chi connectivity index (χ2v) is 7.93. The van der Waals surface area contributed by atoms with Gasteiger partial charge < -0.3 is 25.0 Å². The van der Waals surface area contributed by atoms with Gasteiger partial charge in [0, 0.05) is 24.7 Å². The van der Waals surface area contributed by atoms with E-state index in [1.807, 2.05) is 0 Å². The number of carbonyl (C=O) groups is 2. The Morgan fingerprint density at radius 3 is 2.70 bits per heavy atom. The van der Waals surface area contributed by atoms with Gasteiger partial charge in [-0.25, -0.2) is 9.18 Å². The number of carbonyl (C=O) groups excluding carboxylic acids is 1. The highest BCUT2D eigenvalue weighted by Crippen LogP contribution is 2.44. The molecule has 1 saturated heterocycles. The van der Waals surface area contributed by atoms with Crippen molar-refractivity contribution in [2.24, 2.45) is 11.7 Å². The molecule has 1 aliphatic heterocycles. The minimum Gasteiger partial charge on any atom is -0.492 e. The first-order valence-electron chi connectivity index (χ1n) is 10.0. The third kappa shape index (κ3) is 3.32. The number of Topliss-reactive ketones (excluding diaryl/α,β-unsaturated/α-hetero) is 1. The summed E-state index contributed by atoms with van der Waals surface area (Å²) in [7, 11) is 1.38. The number of carboxylic acids is 1. The first-order valence-corrected chi connectivity index (χ1v) is 10.0. The zero-order valence-corrected chi connectivity index (χ0v) is 16.7. The summed E-state index contributed by atoms with van der Waals surface area (Å²) in [5.74, 6) is -2.13. The number of rotatable bonds is 7. The van der Waals surface area contributed by atoms with Gasteiger partial charge in [0.1, 0.15) is 11.3 Å². The molecule has 1 aromatic carbocycles. The molecule has 2 aromatic rings. The number of pyridine rings is 1. The third-order valence-corrected chi connectivity index (χ3v) is 5.89. The first kappa shape index (κ1) is 20.3. The van der Waals surface area contributed by atoms with E-state index >= 15 is 4.39 Å². The van der Waals surface area contributed by atoms with Gasteiger partial charge in [-0.05, 0) is 38.3 Å². The Hall–Kier alpha value is -2.94. The van der Waals surface area contributed by atoms with Crippen LogP contribution in [-0.4, -0.2) is 48.2 Å². The van der Waals surface area contributed by atoms with Crippen molar-refractivity contribution < 1.29 is 23.8 Å². The fourth-order valence-corrected chi connectivity index (χ4v) is 4.26. The van der Waals surface area contributed by atoms with E-state index < -0.39 is 22.8 Å². The van der Waals surface area contributed by atoms with Crippen molar-refractivity contribution >= 4 is 28.3 Å². The van der Waals surface area contributed by atoms with Gasteiger partial charge in [-0.1, -0.05) is 0 Å². The van der Waals surface area contributed by atoms with Crippen molar-refractivity contribution in [3.8, 4) is 5.75 Å². The van der Waals surface area contributed by atoms with Gasteiger partial charge in [-0.2, -0.15) is 0 Å². The predicted octanol–water partition coefficient (Wildman–Crippen LogP) is 1.93. The molecule has 0 amide bonds. The molecule has 30 heavy (non-hydrogen) atoms. The number of hydrogen-bond acceptors (Lipinski definition) is 6. The Kier molecular flexibility index (Phi) is 5.23. The van der Waals surface area contributed by atoms with Crippen LogP contribution in [0.2, 0.25) is 0 Å². The molecule has 3 N–H and O–H groups in total. The van der Waals surface area contributed by atoms with E-state index in [1.54, 1.807) is 9.47 Å².